The van der Waals surface area contributed by atoms with E-state index < -0.39 is 0 Å². The summed E-state index contributed by atoms with van der Waals surface area (Å²) in [5.74, 6) is 0.576. The summed E-state index contributed by atoms with van der Waals surface area (Å²) in [7, 11) is 0. The molecule has 0 saturated carbocycles. The van der Waals surface area contributed by atoms with E-state index in [0.717, 1.165) is 57.4 Å². The number of benzene rings is 10. The fourth-order valence-corrected chi connectivity index (χ4v) is 10.5. The summed E-state index contributed by atoms with van der Waals surface area (Å²) in [6.07, 6.45) is 5.46. The highest BCUT2D eigenvalue weighted by atomic mass is 15.1. The highest BCUT2D eigenvalue weighted by Gasteiger charge is 2.20. The molecule has 0 unspecified atom stereocenters. The van der Waals surface area contributed by atoms with Gasteiger partial charge in [0.1, 0.15) is 0 Å². The molecule has 71 heavy (non-hydrogen) atoms. The molecule has 4 heteroatoms. The normalized spacial score (nSPS) is 11.7. The van der Waals surface area contributed by atoms with Crippen molar-refractivity contribution in [3.05, 3.63) is 265 Å². The Kier molecular flexibility index (Phi) is 11.4. The third-order valence-corrected chi connectivity index (χ3v) is 13.7. The third kappa shape index (κ3) is 8.34. The fourth-order valence-electron chi connectivity index (χ4n) is 10.5. The maximum atomic E-state index is 2.41. The quantitative estimate of drug-likeness (QED) is 0.114. The molecule has 0 atom stereocenters. The monoisotopic (exact) mass is 914 g/mol. The molecule has 0 bridgehead atoms. The predicted octanol–water partition coefficient (Wildman–Crippen LogP) is 18.5. The van der Waals surface area contributed by atoms with Gasteiger partial charge < -0.3 is 18.9 Å². The van der Waals surface area contributed by atoms with Crippen LogP contribution in [0.15, 0.2) is 243 Å². The Morgan fingerprint density at radius 2 is 0.704 bits per heavy atom. The zero-order valence-corrected chi connectivity index (χ0v) is 40.3. The van der Waals surface area contributed by atoms with Gasteiger partial charge in [0, 0.05) is 67.0 Å². The second-order valence-electron chi connectivity index (χ2n) is 19.1. The maximum absolute atomic E-state index is 2.41. The number of fused-ring (bicyclic) bond motifs is 6. The smallest absolute Gasteiger partial charge is 0.0542 e. The SMILES string of the molecule is Cc1ccc2c(c1)c1cc(N(c3ccccc3)c3ccc(/C=C/c4ccc(N(c5ccccc5)c5ccc6c(c5)c5cc(CC(C)C)ccc5n6-c5ccccc5)cc4)cc3)ccc1n2-c1ccccc1. The van der Waals surface area contributed by atoms with Crippen LogP contribution in [0.2, 0.25) is 0 Å². The van der Waals surface area contributed by atoms with Crippen LogP contribution < -0.4 is 9.80 Å². The van der Waals surface area contributed by atoms with Crippen molar-refractivity contribution in [1.82, 2.24) is 9.13 Å². The first-order valence-electron chi connectivity index (χ1n) is 24.7. The number of aromatic nitrogens is 2. The molecule has 0 spiro atoms. The molecule has 0 aliphatic heterocycles. The molecular weight excluding hydrogens is 861 g/mol. The van der Waals surface area contributed by atoms with Crippen molar-refractivity contribution in [2.24, 2.45) is 5.92 Å². The molecule has 12 aromatic rings. The molecule has 0 fully saturated rings. The first-order chi connectivity index (χ1) is 34.9. The third-order valence-electron chi connectivity index (χ3n) is 13.7. The molecule has 4 nitrogen and oxygen atoms in total. The van der Waals surface area contributed by atoms with E-state index in [1.165, 1.54) is 60.4 Å². The molecule has 0 N–H and O–H groups in total. The molecule has 0 aliphatic carbocycles. The fraction of sp³-hybridized carbons (Fsp3) is 0.0746. The van der Waals surface area contributed by atoms with Crippen LogP contribution in [0.5, 0.6) is 0 Å². The van der Waals surface area contributed by atoms with Gasteiger partial charge in [-0.15, -0.1) is 0 Å². The van der Waals surface area contributed by atoms with Gasteiger partial charge in [-0.1, -0.05) is 141 Å². The maximum Gasteiger partial charge on any atom is 0.0542 e. The number of para-hydroxylation sites is 4. The van der Waals surface area contributed by atoms with E-state index in [1.807, 2.05) is 0 Å². The Hall–Kier alpha value is -8.86. The summed E-state index contributed by atoms with van der Waals surface area (Å²) in [5.41, 5.74) is 18.7. The molecule has 2 aromatic heterocycles. The Labute approximate surface area is 416 Å². The average molecular weight is 915 g/mol. The van der Waals surface area contributed by atoms with E-state index in [-0.39, 0.29) is 0 Å². The van der Waals surface area contributed by atoms with Gasteiger partial charge in [0.2, 0.25) is 0 Å². The van der Waals surface area contributed by atoms with Crippen LogP contribution in [0.1, 0.15) is 36.1 Å². The van der Waals surface area contributed by atoms with Crippen LogP contribution in [0.25, 0.3) is 67.1 Å². The Morgan fingerprint density at radius 3 is 1.14 bits per heavy atom. The lowest BCUT2D eigenvalue weighted by molar-refractivity contribution is 0.648. The largest absolute Gasteiger partial charge is 0.310 e. The number of rotatable bonds is 12. The van der Waals surface area contributed by atoms with Crippen molar-refractivity contribution in [2.45, 2.75) is 27.2 Å². The van der Waals surface area contributed by atoms with Gasteiger partial charge in [0.15, 0.2) is 0 Å². The summed E-state index contributed by atoms with van der Waals surface area (Å²) in [4.78, 5) is 4.72. The van der Waals surface area contributed by atoms with Crippen LogP contribution >= 0.6 is 0 Å². The van der Waals surface area contributed by atoms with Gasteiger partial charge in [-0.3, -0.25) is 0 Å². The van der Waals surface area contributed by atoms with Crippen molar-refractivity contribution in [1.29, 1.82) is 0 Å². The number of hydrogen-bond donors (Lipinski definition) is 0. The Bertz CT molecular complexity index is 3850. The highest BCUT2D eigenvalue weighted by molar-refractivity contribution is 6.12. The Balaban J connectivity index is 0.859. The van der Waals surface area contributed by atoms with Crippen LogP contribution in [0.4, 0.5) is 34.1 Å². The van der Waals surface area contributed by atoms with Gasteiger partial charge in [0.25, 0.3) is 0 Å². The lowest BCUT2D eigenvalue weighted by Gasteiger charge is -2.26. The van der Waals surface area contributed by atoms with E-state index in [9.17, 15) is 0 Å². The number of hydrogen-bond acceptors (Lipinski definition) is 2. The van der Waals surface area contributed by atoms with Crippen molar-refractivity contribution >= 4 is 89.9 Å². The molecule has 12 rings (SSSR count). The van der Waals surface area contributed by atoms with Gasteiger partial charge in [0.05, 0.1) is 22.1 Å². The summed E-state index contributed by atoms with van der Waals surface area (Å²) >= 11 is 0. The number of anilines is 6. The van der Waals surface area contributed by atoms with E-state index >= 15 is 0 Å². The summed E-state index contributed by atoms with van der Waals surface area (Å²) in [5, 5.41) is 5.00. The van der Waals surface area contributed by atoms with Crippen molar-refractivity contribution in [3.8, 4) is 11.4 Å². The highest BCUT2D eigenvalue weighted by Crippen LogP contribution is 2.42. The van der Waals surface area contributed by atoms with Gasteiger partial charge in [-0.05, 0) is 169 Å². The number of nitrogens with zero attached hydrogens (tertiary/aromatic N) is 4. The van der Waals surface area contributed by atoms with Crippen molar-refractivity contribution < 1.29 is 0 Å². The summed E-state index contributed by atoms with van der Waals surface area (Å²) in [6.45, 7) is 6.76. The van der Waals surface area contributed by atoms with Crippen LogP contribution in [0.3, 0.4) is 0 Å². The molecular formula is C67H54N4. The predicted molar refractivity (Wildman–Crippen MR) is 303 cm³/mol. The topological polar surface area (TPSA) is 16.3 Å². The second-order valence-corrected chi connectivity index (χ2v) is 19.1. The summed E-state index contributed by atoms with van der Waals surface area (Å²) < 4.78 is 4.78. The van der Waals surface area contributed by atoms with Crippen LogP contribution in [-0.4, -0.2) is 9.13 Å². The van der Waals surface area contributed by atoms with Gasteiger partial charge in [-0.2, -0.15) is 0 Å². The van der Waals surface area contributed by atoms with Gasteiger partial charge >= 0.3 is 0 Å². The van der Waals surface area contributed by atoms with E-state index in [2.05, 4.69) is 295 Å². The van der Waals surface area contributed by atoms with Gasteiger partial charge in [-0.25, -0.2) is 0 Å². The molecule has 2 heterocycles. The standard InChI is InChI=1S/C67H54N4/c1-47(2)42-51-31-39-65-61(44-51)63-46-59(37-41-67(63)71(65)55-22-14-7-15-23-55)69(53-18-10-5-11-19-53)57-34-29-50(30-35-57)26-25-49-27-32-56(33-28-49)68(52-16-8-4-9-17-52)58-36-40-66-62(45-58)60-43-48(3)24-38-64(60)70(66)54-20-12-6-13-21-54/h4-41,43-47H,42H2,1-3H3/b26-25+. The lowest BCUT2D eigenvalue weighted by atomic mass is 10.0. The van der Waals surface area contributed by atoms with E-state index in [4.69, 9.17) is 0 Å². The van der Waals surface area contributed by atoms with Crippen LogP contribution in [-0.2, 0) is 6.42 Å². The minimum atomic E-state index is 0.576. The minimum absolute atomic E-state index is 0.576. The molecule has 0 amide bonds. The molecule has 342 valence electrons. The molecule has 10 aromatic carbocycles. The minimum Gasteiger partial charge on any atom is -0.310 e. The molecule has 0 radical (unpaired) electrons. The Morgan fingerprint density at radius 1 is 0.352 bits per heavy atom. The lowest BCUT2D eigenvalue weighted by Crippen LogP contribution is -2.09. The van der Waals surface area contributed by atoms with E-state index in [1.54, 1.807) is 0 Å². The van der Waals surface area contributed by atoms with Crippen molar-refractivity contribution in [2.75, 3.05) is 9.80 Å². The number of aryl methyl sites for hydroxylation is 1. The zero-order chi connectivity index (χ0) is 47.8. The van der Waals surface area contributed by atoms with Crippen molar-refractivity contribution in [3.63, 3.8) is 0 Å². The first-order valence-corrected chi connectivity index (χ1v) is 24.7. The summed E-state index contributed by atoms with van der Waals surface area (Å²) in [6, 6.07) is 88.2. The van der Waals surface area contributed by atoms with Crippen LogP contribution in [0, 0.1) is 12.8 Å². The second kappa shape index (κ2) is 18.6. The average Bonchev–Trinajstić information content (AvgIpc) is 3.91. The zero-order valence-electron chi connectivity index (χ0n) is 40.3. The first kappa shape index (κ1) is 43.4. The molecule has 0 saturated heterocycles. The molecule has 0 aliphatic rings. The van der Waals surface area contributed by atoms with E-state index in [0.29, 0.717) is 5.92 Å².